The number of likely N-dealkylation sites (N-methyl/N-ethyl adjacent to an activating group) is 1. The summed E-state index contributed by atoms with van der Waals surface area (Å²) in [6.45, 7) is 7.37. The first-order valence-corrected chi connectivity index (χ1v) is 11.9. The molecule has 0 atom stereocenters. The average Bonchev–Trinajstić information content (AvgIpc) is 2.90. The van der Waals surface area contributed by atoms with E-state index in [4.69, 9.17) is 0 Å². The van der Waals surface area contributed by atoms with Crippen molar-refractivity contribution in [3.05, 3.63) is 108 Å². The quantitative estimate of drug-likeness (QED) is 0.326. The smallest absolute Gasteiger partial charge is 0.251 e. The van der Waals surface area contributed by atoms with Gasteiger partial charge in [0.1, 0.15) is 0 Å². The lowest BCUT2D eigenvalue weighted by Gasteiger charge is -2.20. The van der Waals surface area contributed by atoms with Gasteiger partial charge in [0, 0.05) is 36.4 Å². The first-order valence-electron chi connectivity index (χ1n) is 11.9. The fraction of sp³-hybridized carbons (Fsp3) is 0.207. The van der Waals surface area contributed by atoms with Crippen molar-refractivity contribution in [1.29, 1.82) is 0 Å². The Balaban J connectivity index is 1.31. The molecule has 0 saturated heterocycles. The van der Waals surface area contributed by atoms with Gasteiger partial charge in [-0.2, -0.15) is 0 Å². The Labute approximate surface area is 207 Å². The number of hydrogen-bond donors (Lipinski definition) is 2. The van der Waals surface area contributed by atoms with Crippen LogP contribution in [0.3, 0.4) is 0 Å². The number of nitrogens with zero attached hydrogens (tertiary/aromatic N) is 3. The van der Waals surface area contributed by atoms with Crippen molar-refractivity contribution in [3.63, 3.8) is 0 Å². The molecule has 4 aromatic rings. The van der Waals surface area contributed by atoms with Crippen LogP contribution < -0.4 is 10.6 Å². The van der Waals surface area contributed by atoms with Crippen molar-refractivity contribution < 1.29 is 4.79 Å². The van der Waals surface area contributed by atoms with E-state index in [1.165, 1.54) is 11.1 Å². The number of benzene rings is 3. The number of aromatic nitrogens is 2. The van der Waals surface area contributed by atoms with Crippen LogP contribution in [0.2, 0.25) is 0 Å². The molecule has 6 heteroatoms. The lowest BCUT2D eigenvalue weighted by molar-refractivity contribution is 0.0948. The zero-order chi connectivity index (χ0) is 24.5. The minimum Gasteiger partial charge on any atom is -0.351 e. The van der Waals surface area contributed by atoms with Gasteiger partial charge in [-0.3, -0.25) is 9.69 Å². The van der Waals surface area contributed by atoms with Crippen LogP contribution in [0.15, 0.2) is 91.0 Å². The molecule has 3 aromatic carbocycles. The topological polar surface area (TPSA) is 70.2 Å². The Morgan fingerprint density at radius 2 is 1.69 bits per heavy atom. The van der Waals surface area contributed by atoms with E-state index in [2.05, 4.69) is 76.0 Å². The zero-order valence-electron chi connectivity index (χ0n) is 20.2. The second kappa shape index (κ2) is 11.9. The number of aryl methyl sites for hydroxylation is 1. The third kappa shape index (κ3) is 6.98. The van der Waals surface area contributed by atoms with E-state index in [9.17, 15) is 4.79 Å². The highest BCUT2D eigenvalue weighted by molar-refractivity contribution is 5.95. The zero-order valence-corrected chi connectivity index (χ0v) is 20.2. The molecule has 4 rings (SSSR count). The van der Waals surface area contributed by atoms with Crippen molar-refractivity contribution in [2.75, 3.05) is 25.0 Å². The summed E-state index contributed by atoms with van der Waals surface area (Å²) in [6.07, 6.45) is 0. The maximum absolute atomic E-state index is 12.7. The van der Waals surface area contributed by atoms with Crippen LogP contribution >= 0.6 is 0 Å². The molecule has 0 unspecified atom stereocenters. The van der Waals surface area contributed by atoms with Gasteiger partial charge in [0.25, 0.3) is 5.91 Å². The van der Waals surface area contributed by atoms with Crippen molar-refractivity contribution >= 4 is 17.4 Å². The SMILES string of the molecule is CCN(CCNC(=O)c1cccc(Nc2ccc(-c3ccc(C)cc3)nn2)c1)Cc1ccccc1. The monoisotopic (exact) mass is 465 g/mol. The van der Waals surface area contributed by atoms with Crippen LogP contribution in [0.5, 0.6) is 0 Å². The van der Waals surface area contributed by atoms with Gasteiger partial charge in [-0.15, -0.1) is 10.2 Å². The third-order valence-corrected chi connectivity index (χ3v) is 5.82. The van der Waals surface area contributed by atoms with Gasteiger partial charge in [-0.25, -0.2) is 0 Å². The number of rotatable bonds is 10. The highest BCUT2D eigenvalue weighted by Crippen LogP contribution is 2.20. The molecule has 6 nitrogen and oxygen atoms in total. The van der Waals surface area contributed by atoms with Crippen molar-refractivity contribution in [3.8, 4) is 11.3 Å². The summed E-state index contributed by atoms with van der Waals surface area (Å²) in [4.78, 5) is 15.0. The van der Waals surface area contributed by atoms with Crippen LogP contribution in [0, 0.1) is 6.92 Å². The van der Waals surface area contributed by atoms with Crippen molar-refractivity contribution in [1.82, 2.24) is 20.4 Å². The number of nitrogens with one attached hydrogen (secondary N) is 2. The summed E-state index contributed by atoms with van der Waals surface area (Å²) in [5.41, 5.74) is 5.71. The summed E-state index contributed by atoms with van der Waals surface area (Å²) in [6, 6.07) is 29.8. The minimum absolute atomic E-state index is 0.0924. The van der Waals surface area contributed by atoms with Crippen LogP contribution in [0.1, 0.15) is 28.4 Å². The van der Waals surface area contributed by atoms with E-state index >= 15 is 0 Å². The summed E-state index contributed by atoms with van der Waals surface area (Å²) < 4.78 is 0. The Hall–Kier alpha value is -4.03. The molecule has 0 aliphatic heterocycles. The number of anilines is 2. The molecule has 0 bridgehead atoms. The number of amides is 1. The Kier molecular flexibility index (Phi) is 8.20. The Morgan fingerprint density at radius 3 is 2.40 bits per heavy atom. The van der Waals surface area contributed by atoms with E-state index in [0.29, 0.717) is 17.9 Å². The van der Waals surface area contributed by atoms with Gasteiger partial charge < -0.3 is 10.6 Å². The normalized spacial score (nSPS) is 10.8. The van der Waals surface area contributed by atoms with Crippen LogP contribution in [0.25, 0.3) is 11.3 Å². The molecule has 2 N–H and O–H groups in total. The number of carbonyl (C=O) groups excluding carboxylic acids is 1. The minimum atomic E-state index is -0.0924. The molecule has 0 aliphatic carbocycles. The molecule has 0 spiro atoms. The van der Waals surface area contributed by atoms with Gasteiger partial charge in [0.05, 0.1) is 5.69 Å². The summed E-state index contributed by atoms with van der Waals surface area (Å²) in [5.74, 6) is 0.531. The molecule has 0 aliphatic rings. The van der Waals surface area contributed by atoms with Gasteiger partial charge in [0.15, 0.2) is 5.82 Å². The Bertz CT molecular complexity index is 1220. The van der Waals surface area contributed by atoms with Crippen molar-refractivity contribution in [2.24, 2.45) is 0 Å². The van der Waals surface area contributed by atoms with Gasteiger partial charge in [-0.1, -0.05) is 73.2 Å². The summed E-state index contributed by atoms with van der Waals surface area (Å²) in [5, 5.41) is 14.9. The standard InChI is InChI=1S/C29H31N5O/c1-3-34(21-23-8-5-4-6-9-23)19-18-30-29(35)25-10-7-11-26(20-25)31-28-17-16-27(32-33-28)24-14-12-22(2)13-15-24/h4-17,20H,3,18-19,21H2,1-2H3,(H,30,35)(H,31,33). The molecular formula is C29H31N5O. The fourth-order valence-electron chi connectivity index (χ4n) is 3.78. The first kappa shape index (κ1) is 24.1. The molecule has 1 aromatic heterocycles. The van der Waals surface area contributed by atoms with E-state index in [1.807, 2.05) is 54.6 Å². The van der Waals surface area contributed by atoms with Crippen molar-refractivity contribution in [2.45, 2.75) is 20.4 Å². The van der Waals surface area contributed by atoms with Crippen LogP contribution in [0.4, 0.5) is 11.5 Å². The highest BCUT2D eigenvalue weighted by atomic mass is 16.1. The molecular weight excluding hydrogens is 434 g/mol. The number of hydrogen-bond acceptors (Lipinski definition) is 5. The summed E-state index contributed by atoms with van der Waals surface area (Å²) >= 11 is 0. The molecule has 0 radical (unpaired) electrons. The molecule has 178 valence electrons. The number of carbonyl (C=O) groups is 1. The predicted octanol–water partition coefficient (Wildman–Crippen LogP) is 5.45. The second-order valence-corrected chi connectivity index (χ2v) is 8.49. The van der Waals surface area contributed by atoms with Gasteiger partial charge >= 0.3 is 0 Å². The molecule has 35 heavy (non-hydrogen) atoms. The maximum atomic E-state index is 12.7. The van der Waals surface area contributed by atoms with Crippen LogP contribution in [-0.4, -0.2) is 40.6 Å². The third-order valence-electron chi connectivity index (χ3n) is 5.82. The lowest BCUT2D eigenvalue weighted by Crippen LogP contribution is -2.34. The average molecular weight is 466 g/mol. The molecule has 1 heterocycles. The molecule has 1 amide bonds. The molecule has 0 fully saturated rings. The second-order valence-electron chi connectivity index (χ2n) is 8.49. The first-order chi connectivity index (χ1) is 17.1. The Morgan fingerprint density at radius 1 is 0.886 bits per heavy atom. The maximum Gasteiger partial charge on any atom is 0.251 e. The molecule has 0 saturated carbocycles. The van der Waals surface area contributed by atoms with Gasteiger partial charge in [-0.05, 0) is 49.4 Å². The highest BCUT2D eigenvalue weighted by Gasteiger charge is 2.09. The van der Waals surface area contributed by atoms with E-state index in [-0.39, 0.29) is 5.91 Å². The largest absolute Gasteiger partial charge is 0.351 e. The van der Waals surface area contributed by atoms with Gasteiger partial charge in [0.2, 0.25) is 0 Å². The van der Waals surface area contributed by atoms with E-state index in [1.54, 1.807) is 0 Å². The lowest BCUT2D eigenvalue weighted by atomic mass is 10.1. The van der Waals surface area contributed by atoms with E-state index < -0.39 is 0 Å². The summed E-state index contributed by atoms with van der Waals surface area (Å²) in [7, 11) is 0. The predicted molar refractivity (Wildman–Crippen MR) is 142 cm³/mol. The van der Waals surface area contributed by atoms with E-state index in [0.717, 1.165) is 36.6 Å². The fourth-order valence-corrected chi connectivity index (χ4v) is 3.78. The van der Waals surface area contributed by atoms with Crippen LogP contribution in [-0.2, 0) is 6.54 Å².